The highest BCUT2D eigenvalue weighted by molar-refractivity contribution is 4.75. The molecule has 0 heteroatoms. The average Bonchev–Trinajstić information content (AvgIpc) is 2.72. The summed E-state index contributed by atoms with van der Waals surface area (Å²) in [5, 5.41) is 0. The van der Waals surface area contributed by atoms with Crippen molar-refractivity contribution in [3.05, 3.63) is 0 Å². The number of unbranched alkanes of at least 4 members (excludes halogenated alkanes) is 3. The predicted octanol–water partition coefficient (Wildman–Crippen LogP) is 6.59. The lowest BCUT2D eigenvalue weighted by Crippen LogP contribution is -2.04. The van der Waals surface area contributed by atoms with Crippen LogP contribution in [0.4, 0.5) is 0 Å². The topological polar surface area (TPSA) is 0 Å². The van der Waals surface area contributed by atoms with E-state index >= 15 is 0 Å². The van der Waals surface area contributed by atoms with E-state index in [1.165, 1.54) is 64.2 Å². The smallest absolute Gasteiger partial charge is 0.0383 e. The lowest BCUT2D eigenvalue weighted by Gasteiger charge is -2.17. The Morgan fingerprint density at radius 3 is 2.00 bits per heavy atom. The Morgan fingerprint density at radius 2 is 1.44 bits per heavy atom. The van der Waals surface area contributed by atoms with Crippen molar-refractivity contribution in [2.75, 3.05) is 0 Å². The van der Waals surface area contributed by atoms with Crippen LogP contribution in [-0.2, 0) is 0 Å². The maximum Gasteiger partial charge on any atom is -0.0383 e. The van der Waals surface area contributed by atoms with E-state index < -0.39 is 0 Å². The first-order valence-electron chi connectivity index (χ1n) is 8.51. The van der Waals surface area contributed by atoms with Crippen molar-refractivity contribution < 1.29 is 0 Å². The van der Waals surface area contributed by atoms with Crippen LogP contribution < -0.4 is 0 Å². The predicted molar refractivity (Wildman–Crippen MR) is 82.9 cm³/mol. The summed E-state index contributed by atoms with van der Waals surface area (Å²) < 4.78 is 0. The largest absolute Gasteiger partial charge is 0.0654 e. The minimum atomic E-state index is 0.540. The summed E-state index contributed by atoms with van der Waals surface area (Å²) in [5.74, 6) is 2.17. The standard InChI is InChI=1S/C18H36/c1-5-6-10-16-12-13-17(15-16)11-8-7-9-14-18(2,3)4/h16-17H,5-15H2,1-4H3. The molecule has 0 heterocycles. The zero-order chi connectivity index (χ0) is 13.4. The summed E-state index contributed by atoms with van der Waals surface area (Å²) in [4.78, 5) is 0. The van der Waals surface area contributed by atoms with Crippen LogP contribution in [0.25, 0.3) is 0 Å². The molecule has 0 radical (unpaired) electrons. The number of rotatable bonds is 8. The monoisotopic (exact) mass is 252 g/mol. The molecule has 108 valence electrons. The van der Waals surface area contributed by atoms with E-state index in [4.69, 9.17) is 0 Å². The quantitative estimate of drug-likeness (QED) is 0.427. The molecule has 0 spiro atoms. The molecule has 1 rings (SSSR count). The van der Waals surface area contributed by atoms with Gasteiger partial charge in [-0.15, -0.1) is 0 Å². The van der Waals surface area contributed by atoms with Gasteiger partial charge in [-0.1, -0.05) is 85.5 Å². The van der Waals surface area contributed by atoms with Gasteiger partial charge in [-0.05, 0) is 30.1 Å². The molecule has 1 aliphatic rings. The molecule has 0 aromatic rings. The fourth-order valence-electron chi connectivity index (χ4n) is 3.46. The van der Waals surface area contributed by atoms with Gasteiger partial charge in [-0.3, -0.25) is 0 Å². The van der Waals surface area contributed by atoms with Crippen LogP contribution in [0.3, 0.4) is 0 Å². The van der Waals surface area contributed by atoms with Gasteiger partial charge in [0.25, 0.3) is 0 Å². The molecular formula is C18H36. The molecule has 0 bridgehead atoms. The average molecular weight is 252 g/mol. The molecule has 0 saturated heterocycles. The molecule has 0 N–H and O–H groups in total. The van der Waals surface area contributed by atoms with Gasteiger partial charge >= 0.3 is 0 Å². The molecule has 1 fully saturated rings. The zero-order valence-corrected chi connectivity index (χ0v) is 13.4. The first-order chi connectivity index (χ1) is 8.51. The van der Waals surface area contributed by atoms with E-state index in [0.717, 1.165) is 11.8 Å². The Morgan fingerprint density at radius 1 is 0.833 bits per heavy atom. The molecule has 1 aliphatic carbocycles. The highest BCUT2D eigenvalue weighted by Gasteiger charge is 2.23. The summed E-state index contributed by atoms with van der Waals surface area (Å²) in [6.07, 6.45) is 16.3. The van der Waals surface area contributed by atoms with Gasteiger partial charge in [0.1, 0.15) is 0 Å². The van der Waals surface area contributed by atoms with Crippen molar-refractivity contribution in [3.8, 4) is 0 Å². The van der Waals surface area contributed by atoms with Crippen LogP contribution in [-0.4, -0.2) is 0 Å². The Balaban J connectivity index is 1.97. The second-order valence-electron chi connectivity index (χ2n) is 7.85. The molecule has 0 nitrogen and oxygen atoms in total. The summed E-state index contributed by atoms with van der Waals surface area (Å²) in [6.45, 7) is 9.41. The van der Waals surface area contributed by atoms with E-state index in [0.29, 0.717) is 5.41 Å². The molecule has 1 saturated carbocycles. The van der Waals surface area contributed by atoms with Gasteiger partial charge in [0.2, 0.25) is 0 Å². The van der Waals surface area contributed by atoms with Crippen LogP contribution in [0, 0.1) is 17.3 Å². The fraction of sp³-hybridized carbons (Fsp3) is 1.00. The fourth-order valence-corrected chi connectivity index (χ4v) is 3.46. The molecule has 0 aromatic heterocycles. The second kappa shape index (κ2) is 8.23. The van der Waals surface area contributed by atoms with Crippen molar-refractivity contribution in [2.45, 2.75) is 98.3 Å². The van der Waals surface area contributed by atoms with E-state index in [-0.39, 0.29) is 0 Å². The van der Waals surface area contributed by atoms with Crippen LogP contribution in [0.5, 0.6) is 0 Å². The van der Waals surface area contributed by atoms with Gasteiger partial charge in [0.15, 0.2) is 0 Å². The Bertz CT molecular complexity index is 199. The third kappa shape index (κ3) is 7.44. The van der Waals surface area contributed by atoms with Crippen LogP contribution in [0.1, 0.15) is 98.3 Å². The minimum Gasteiger partial charge on any atom is -0.0654 e. The van der Waals surface area contributed by atoms with Crippen molar-refractivity contribution in [3.63, 3.8) is 0 Å². The van der Waals surface area contributed by atoms with E-state index in [1.807, 2.05) is 0 Å². The second-order valence-corrected chi connectivity index (χ2v) is 7.85. The van der Waals surface area contributed by atoms with Gasteiger partial charge in [-0.25, -0.2) is 0 Å². The molecule has 0 aliphatic heterocycles. The molecular weight excluding hydrogens is 216 g/mol. The SMILES string of the molecule is CCCCC1CCC(CCCCCC(C)(C)C)C1. The Kier molecular flexibility index (Phi) is 7.34. The summed E-state index contributed by atoms with van der Waals surface area (Å²) in [5.41, 5.74) is 0.540. The first kappa shape index (κ1) is 16.1. The van der Waals surface area contributed by atoms with Gasteiger partial charge < -0.3 is 0 Å². The molecule has 2 unspecified atom stereocenters. The number of hydrogen-bond donors (Lipinski definition) is 0. The first-order valence-corrected chi connectivity index (χ1v) is 8.51. The van der Waals surface area contributed by atoms with Gasteiger partial charge in [0.05, 0.1) is 0 Å². The molecule has 0 amide bonds. The summed E-state index contributed by atoms with van der Waals surface area (Å²) in [7, 11) is 0. The van der Waals surface area contributed by atoms with Crippen LogP contribution in [0.15, 0.2) is 0 Å². The molecule has 2 atom stereocenters. The van der Waals surface area contributed by atoms with Crippen LogP contribution in [0.2, 0.25) is 0 Å². The minimum absolute atomic E-state index is 0.540. The van der Waals surface area contributed by atoms with Crippen LogP contribution >= 0.6 is 0 Å². The van der Waals surface area contributed by atoms with E-state index in [1.54, 1.807) is 6.42 Å². The van der Waals surface area contributed by atoms with Crippen molar-refractivity contribution in [2.24, 2.45) is 17.3 Å². The highest BCUT2D eigenvalue weighted by Crippen LogP contribution is 2.37. The Labute approximate surface area is 116 Å². The van der Waals surface area contributed by atoms with E-state index in [9.17, 15) is 0 Å². The summed E-state index contributed by atoms with van der Waals surface area (Å²) >= 11 is 0. The third-order valence-electron chi connectivity index (χ3n) is 4.65. The highest BCUT2D eigenvalue weighted by atomic mass is 14.3. The van der Waals surface area contributed by atoms with Crippen molar-refractivity contribution in [1.82, 2.24) is 0 Å². The number of hydrogen-bond acceptors (Lipinski definition) is 0. The summed E-state index contributed by atoms with van der Waals surface area (Å²) in [6, 6.07) is 0. The maximum absolute atomic E-state index is 2.36. The van der Waals surface area contributed by atoms with Gasteiger partial charge in [0, 0.05) is 0 Å². The zero-order valence-electron chi connectivity index (χ0n) is 13.4. The normalized spacial score (nSPS) is 24.7. The van der Waals surface area contributed by atoms with Gasteiger partial charge in [-0.2, -0.15) is 0 Å². The van der Waals surface area contributed by atoms with E-state index in [2.05, 4.69) is 27.7 Å². The van der Waals surface area contributed by atoms with Crippen molar-refractivity contribution in [1.29, 1.82) is 0 Å². The molecule has 18 heavy (non-hydrogen) atoms. The molecule has 0 aromatic carbocycles. The maximum atomic E-state index is 2.36. The van der Waals surface area contributed by atoms with Crippen molar-refractivity contribution >= 4 is 0 Å². The lowest BCUT2D eigenvalue weighted by molar-refractivity contribution is 0.350. The third-order valence-corrected chi connectivity index (χ3v) is 4.65. The lowest BCUT2D eigenvalue weighted by atomic mass is 9.88. The Hall–Kier alpha value is 0.